The fourth-order valence-electron chi connectivity index (χ4n) is 6.68. The Morgan fingerprint density at radius 2 is 0.982 bits per heavy atom. The van der Waals surface area contributed by atoms with Crippen molar-refractivity contribution < 1.29 is 32.9 Å². The van der Waals surface area contributed by atoms with E-state index < -0.39 is 20.0 Å². The molecule has 8 nitrogen and oxygen atoms in total. The van der Waals surface area contributed by atoms with Crippen LogP contribution in [0.5, 0.6) is 0 Å². The summed E-state index contributed by atoms with van der Waals surface area (Å²) >= 11 is 0. The first kappa shape index (κ1) is 54.0. The number of nitrogens with zero attached hydrogens (tertiary/aromatic N) is 1. The smallest absolute Gasteiger partial charge is 0.387 e. The molecule has 3 N–H and O–H groups in total. The number of hydrogen-bond acceptors (Lipinski definition) is 5. The van der Waals surface area contributed by atoms with E-state index in [1.54, 1.807) is 6.08 Å². The van der Waals surface area contributed by atoms with E-state index in [1.165, 1.54) is 154 Å². The Morgan fingerprint density at radius 3 is 1.40 bits per heavy atom. The number of carbonyl (C=O) groups excluding carboxylic acids is 1. The summed E-state index contributed by atoms with van der Waals surface area (Å²) in [7, 11) is 1.57. The van der Waals surface area contributed by atoms with Gasteiger partial charge in [-0.1, -0.05) is 186 Å². The number of amides is 1. The van der Waals surface area contributed by atoms with Crippen molar-refractivity contribution in [2.24, 2.45) is 0 Å². The molecule has 0 rings (SSSR count). The fourth-order valence-corrected chi connectivity index (χ4v) is 7.42. The summed E-state index contributed by atoms with van der Waals surface area (Å²) in [5, 5.41) is 13.8. The highest BCUT2D eigenvalue weighted by Crippen LogP contribution is 2.43. The van der Waals surface area contributed by atoms with Gasteiger partial charge in [0.1, 0.15) is 13.2 Å². The van der Waals surface area contributed by atoms with Crippen molar-refractivity contribution in [3.63, 3.8) is 0 Å². The third-order valence-electron chi connectivity index (χ3n) is 10.4. The minimum atomic E-state index is -4.33. The standard InChI is InChI=1S/C46H91N2O6P/c1-6-8-10-12-14-16-18-19-20-21-22-23-24-25-26-27-28-30-32-34-36-38-40-46(50)47-44(43-54-55(51,52)53-42-41-48(3,4)5)45(49)39-37-35-33-31-29-17-15-13-11-9-7-2/h24-25,37,39,44-45,49H,6-23,26-36,38,40-43H2,1-5H3,(H-,47,50,51,52)/p+1/b25-24-,39-37+. The average Bonchev–Trinajstić information content (AvgIpc) is 3.13. The number of quaternary nitrogens is 1. The third kappa shape index (κ3) is 41.0. The van der Waals surface area contributed by atoms with E-state index in [-0.39, 0.29) is 19.1 Å². The van der Waals surface area contributed by atoms with Crippen LogP contribution in [-0.4, -0.2) is 73.4 Å². The molecule has 0 fully saturated rings. The zero-order chi connectivity index (χ0) is 40.7. The Kier molecular flexibility index (Phi) is 37.8. The van der Waals surface area contributed by atoms with Crippen LogP contribution in [0, 0.1) is 0 Å². The van der Waals surface area contributed by atoms with Gasteiger partial charge in [0.15, 0.2) is 0 Å². The van der Waals surface area contributed by atoms with Gasteiger partial charge in [0.25, 0.3) is 0 Å². The first-order chi connectivity index (χ1) is 26.5. The van der Waals surface area contributed by atoms with Crippen LogP contribution < -0.4 is 5.32 Å². The number of aliphatic hydroxyl groups excluding tert-OH is 1. The lowest BCUT2D eigenvalue weighted by Crippen LogP contribution is -2.45. The highest BCUT2D eigenvalue weighted by molar-refractivity contribution is 7.47. The molecular weight excluding hydrogens is 707 g/mol. The highest BCUT2D eigenvalue weighted by atomic mass is 31.2. The van der Waals surface area contributed by atoms with Gasteiger partial charge in [0, 0.05) is 6.42 Å². The van der Waals surface area contributed by atoms with Crippen LogP contribution in [0.25, 0.3) is 0 Å². The van der Waals surface area contributed by atoms with Gasteiger partial charge in [-0.3, -0.25) is 13.8 Å². The summed E-state index contributed by atoms with van der Waals surface area (Å²) in [5.41, 5.74) is 0. The number of likely N-dealkylation sites (N-methyl/N-ethyl adjacent to an activating group) is 1. The minimum Gasteiger partial charge on any atom is -0.387 e. The quantitative estimate of drug-likeness (QED) is 0.0246. The lowest BCUT2D eigenvalue weighted by molar-refractivity contribution is -0.870. The van der Waals surface area contributed by atoms with E-state index in [2.05, 4.69) is 31.3 Å². The van der Waals surface area contributed by atoms with E-state index in [0.717, 1.165) is 38.5 Å². The van der Waals surface area contributed by atoms with Crippen molar-refractivity contribution >= 4 is 13.7 Å². The maximum absolute atomic E-state index is 12.9. The van der Waals surface area contributed by atoms with Gasteiger partial charge in [-0.25, -0.2) is 4.57 Å². The highest BCUT2D eigenvalue weighted by Gasteiger charge is 2.27. The number of rotatable bonds is 42. The molecule has 0 heterocycles. The van der Waals surface area contributed by atoms with Gasteiger partial charge < -0.3 is 19.8 Å². The molecule has 0 aliphatic rings. The Hall–Kier alpha value is -1.02. The molecule has 0 saturated heterocycles. The Morgan fingerprint density at radius 1 is 0.600 bits per heavy atom. The Bertz CT molecular complexity index is 953. The number of unbranched alkanes of at least 4 members (excludes halogenated alkanes) is 27. The Labute approximate surface area is 341 Å². The summed E-state index contributed by atoms with van der Waals surface area (Å²) in [6.45, 7) is 4.80. The molecule has 0 bridgehead atoms. The first-order valence-corrected chi connectivity index (χ1v) is 24.7. The molecule has 0 aromatic heterocycles. The van der Waals surface area contributed by atoms with Crippen LogP contribution in [0.1, 0.15) is 213 Å². The molecule has 0 radical (unpaired) electrons. The summed E-state index contributed by atoms with van der Waals surface area (Å²) in [6.07, 6.45) is 45.4. The third-order valence-corrected chi connectivity index (χ3v) is 11.4. The van der Waals surface area contributed by atoms with Gasteiger partial charge in [-0.05, 0) is 44.9 Å². The SMILES string of the molecule is CCCCCCCCCCC/C=C/C(O)C(COP(=O)(O)OCC[N+](C)(C)C)NC(=O)CCCCCCCCC/C=C\CCCCCCCCCCCCC. The summed E-state index contributed by atoms with van der Waals surface area (Å²) in [5.74, 6) is -0.182. The van der Waals surface area contributed by atoms with E-state index in [0.29, 0.717) is 17.4 Å². The summed E-state index contributed by atoms with van der Waals surface area (Å²) in [4.78, 5) is 23.1. The van der Waals surface area contributed by atoms with Crippen LogP contribution in [-0.2, 0) is 18.4 Å². The van der Waals surface area contributed by atoms with Crippen LogP contribution in [0.3, 0.4) is 0 Å². The molecule has 0 aromatic carbocycles. The molecule has 0 spiro atoms. The first-order valence-electron chi connectivity index (χ1n) is 23.2. The minimum absolute atomic E-state index is 0.0616. The Balaban J connectivity index is 4.27. The summed E-state index contributed by atoms with van der Waals surface area (Å²) in [6, 6.07) is -0.844. The number of aliphatic hydroxyl groups is 1. The average molecular weight is 800 g/mol. The maximum Gasteiger partial charge on any atom is 0.472 e. The molecule has 1 amide bonds. The zero-order valence-corrected chi connectivity index (χ0v) is 37.8. The lowest BCUT2D eigenvalue weighted by atomic mass is 10.0. The predicted octanol–water partition coefficient (Wildman–Crippen LogP) is 12.9. The number of phosphoric acid groups is 1. The molecular formula is C46H92N2O6P+. The largest absolute Gasteiger partial charge is 0.472 e. The van der Waals surface area contributed by atoms with Crippen LogP contribution in [0.4, 0.5) is 0 Å². The van der Waals surface area contributed by atoms with Gasteiger partial charge in [-0.2, -0.15) is 0 Å². The monoisotopic (exact) mass is 800 g/mol. The van der Waals surface area contributed by atoms with E-state index >= 15 is 0 Å². The van der Waals surface area contributed by atoms with Crippen LogP contribution in [0.15, 0.2) is 24.3 Å². The zero-order valence-electron chi connectivity index (χ0n) is 36.9. The van der Waals surface area contributed by atoms with Crippen molar-refractivity contribution in [2.45, 2.75) is 225 Å². The second-order valence-electron chi connectivity index (χ2n) is 17.1. The number of nitrogens with one attached hydrogen (secondary N) is 1. The van der Waals surface area contributed by atoms with Crippen LogP contribution in [0.2, 0.25) is 0 Å². The molecule has 0 aliphatic carbocycles. The van der Waals surface area contributed by atoms with Crippen molar-refractivity contribution in [2.75, 3.05) is 40.9 Å². The summed E-state index contributed by atoms with van der Waals surface area (Å²) < 4.78 is 23.5. The normalized spacial score (nSPS) is 14.5. The number of phosphoric ester groups is 1. The van der Waals surface area contributed by atoms with E-state index in [4.69, 9.17) is 9.05 Å². The molecule has 3 atom stereocenters. The van der Waals surface area contributed by atoms with Crippen molar-refractivity contribution in [1.82, 2.24) is 5.32 Å². The van der Waals surface area contributed by atoms with Crippen molar-refractivity contribution in [3.05, 3.63) is 24.3 Å². The molecule has 3 unspecified atom stereocenters. The number of hydrogen-bond donors (Lipinski definition) is 3. The van der Waals surface area contributed by atoms with E-state index in [1.807, 2.05) is 27.2 Å². The van der Waals surface area contributed by atoms with Gasteiger partial charge in [0.05, 0.1) is 39.9 Å². The predicted molar refractivity (Wildman–Crippen MR) is 235 cm³/mol. The lowest BCUT2D eigenvalue weighted by Gasteiger charge is -2.25. The maximum atomic E-state index is 12.9. The molecule has 55 heavy (non-hydrogen) atoms. The second kappa shape index (κ2) is 38.5. The van der Waals surface area contributed by atoms with E-state index in [9.17, 15) is 19.4 Å². The molecule has 0 aromatic rings. The van der Waals surface area contributed by atoms with Gasteiger partial charge in [-0.15, -0.1) is 0 Å². The second-order valence-corrected chi connectivity index (χ2v) is 18.6. The van der Waals surface area contributed by atoms with Gasteiger partial charge >= 0.3 is 7.82 Å². The topological polar surface area (TPSA) is 105 Å². The molecule has 9 heteroatoms. The van der Waals surface area contributed by atoms with Gasteiger partial charge in [0.2, 0.25) is 5.91 Å². The van der Waals surface area contributed by atoms with Crippen molar-refractivity contribution in [3.8, 4) is 0 Å². The molecule has 326 valence electrons. The number of allylic oxidation sites excluding steroid dienone is 3. The van der Waals surface area contributed by atoms with Crippen LogP contribution >= 0.6 is 7.82 Å². The molecule has 0 saturated carbocycles. The molecule has 0 aliphatic heterocycles. The van der Waals surface area contributed by atoms with Crippen molar-refractivity contribution in [1.29, 1.82) is 0 Å². The number of carbonyl (C=O) groups is 1. The fraction of sp³-hybridized carbons (Fsp3) is 0.891.